The number of pyridine rings is 1. The van der Waals surface area contributed by atoms with Gasteiger partial charge in [-0.15, -0.1) is 11.3 Å². The number of amides is 2. The number of nitrogens with one attached hydrogen (secondary N) is 1. The fourth-order valence-electron chi connectivity index (χ4n) is 5.33. The lowest BCUT2D eigenvalue weighted by molar-refractivity contribution is 0.0785. The molecule has 2 aromatic carbocycles. The zero-order chi connectivity index (χ0) is 34.4. The van der Waals surface area contributed by atoms with Gasteiger partial charge in [0, 0.05) is 60.2 Å². The van der Waals surface area contributed by atoms with Gasteiger partial charge in [0.1, 0.15) is 10.7 Å². The van der Waals surface area contributed by atoms with Gasteiger partial charge >= 0.3 is 0 Å². The summed E-state index contributed by atoms with van der Waals surface area (Å²) in [7, 11) is 3.48. The largest absolute Gasteiger partial charge is 0.472 e. The first-order valence-electron chi connectivity index (χ1n) is 15.6. The Hall–Kier alpha value is -4.87. The number of hydrogen-bond donors (Lipinski definition) is 2. The monoisotopic (exact) mass is 669 g/mol. The number of aryl methyl sites for hydroxylation is 1. The third-order valence-electron chi connectivity index (χ3n) is 8.07. The van der Waals surface area contributed by atoms with Crippen LogP contribution < -0.4 is 10.2 Å². The quantitative estimate of drug-likeness (QED) is 0.149. The standard InChI is InChI=1S/C37H40FN5O4S/c1-24-23-48-34(40-24)21-43(5)36(46)29-15-27(26-11-12-47-22-26)14-28(16-29)35(45)41-32(13-25-9-7-6-8-10-25)33(44)20-42(4)31-17-30(18-39-19-31)37(2,3)38/h6-12,14-19,22-23,32-33,44H,13,20-21H2,1-5H3,(H,41,45)/t32-,33+/m0/s1. The van der Waals surface area contributed by atoms with Crippen LogP contribution in [0.25, 0.3) is 11.1 Å². The summed E-state index contributed by atoms with van der Waals surface area (Å²) in [6, 6.07) is 17.3. The number of aliphatic hydroxyl groups excluding tert-OH is 1. The number of anilines is 1. The van der Waals surface area contributed by atoms with Crippen LogP contribution in [0.3, 0.4) is 0 Å². The van der Waals surface area contributed by atoms with E-state index in [1.807, 2.05) is 42.6 Å². The first-order valence-corrected chi connectivity index (χ1v) is 16.5. The Morgan fingerprint density at radius 2 is 1.79 bits per heavy atom. The maximum Gasteiger partial charge on any atom is 0.254 e. The maximum atomic E-state index is 14.7. The van der Waals surface area contributed by atoms with Crippen LogP contribution in [-0.4, -0.2) is 64.6 Å². The van der Waals surface area contributed by atoms with Crippen LogP contribution >= 0.6 is 11.3 Å². The number of halogens is 1. The van der Waals surface area contributed by atoms with Crippen LogP contribution in [0.2, 0.25) is 0 Å². The highest BCUT2D eigenvalue weighted by Crippen LogP contribution is 2.28. The van der Waals surface area contributed by atoms with Gasteiger partial charge in [-0.3, -0.25) is 14.6 Å². The number of thiazole rings is 1. The number of alkyl halides is 1. The van der Waals surface area contributed by atoms with Crippen molar-refractivity contribution in [1.29, 1.82) is 0 Å². The van der Waals surface area contributed by atoms with Gasteiger partial charge in [-0.2, -0.15) is 0 Å². The van der Waals surface area contributed by atoms with Crippen molar-refractivity contribution in [3.8, 4) is 11.1 Å². The summed E-state index contributed by atoms with van der Waals surface area (Å²) in [6.45, 7) is 5.30. The Morgan fingerprint density at radius 1 is 1.04 bits per heavy atom. The zero-order valence-electron chi connectivity index (χ0n) is 27.7. The van der Waals surface area contributed by atoms with Crippen LogP contribution in [0.4, 0.5) is 10.1 Å². The molecule has 0 radical (unpaired) electrons. The molecule has 0 saturated heterocycles. The first-order chi connectivity index (χ1) is 22.9. The molecule has 0 aliphatic carbocycles. The highest BCUT2D eigenvalue weighted by atomic mass is 32.1. The van der Waals surface area contributed by atoms with Crippen molar-refractivity contribution >= 4 is 28.8 Å². The molecule has 5 rings (SSSR count). The fraction of sp³-hybridized carbons (Fsp3) is 0.297. The lowest BCUT2D eigenvalue weighted by atomic mass is 9.98. The molecule has 0 aliphatic rings. The van der Waals surface area contributed by atoms with Crippen LogP contribution in [0, 0.1) is 6.92 Å². The number of likely N-dealkylation sites (N-methyl/N-ethyl adjacent to an activating group) is 1. The summed E-state index contributed by atoms with van der Waals surface area (Å²) in [6.07, 6.45) is 5.51. The summed E-state index contributed by atoms with van der Waals surface area (Å²) < 4.78 is 19.9. The third kappa shape index (κ3) is 8.72. The van der Waals surface area contributed by atoms with E-state index in [1.165, 1.54) is 37.6 Å². The van der Waals surface area contributed by atoms with Crippen molar-refractivity contribution in [2.75, 3.05) is 25.5 Å². The van der Waals surface area contributed by atoms with E-state index in [4.69, 9.17) is 4.42 Å². The minimum absolute atomic E-state index is 0.134. The third-order valence-corrected chi connectivity index (χ3v) is 9.03. The van der Waals surface area contributed by atoms with Crippen molar-refractivity contribution in [2.45, 2.75) is 51.6 Å². The molecule has 11 heteroatoms. The van der Waals surface area contributed by atoms with Crippen molar-refractivity contribution in [2.24, 2.45) is 0 Å². The number of hydrogen-bond acceptors (Lipinski definition) is 8. The van der Waals surface area contributed by atoms with Crippen molar-refractivity contribution in [1.82, 2.24) is 20.2 Å². The number of carbonyl (C=O) groups is 2. The molecular weight excluding hydrogens is 630 g/mol. The number of carbonyl (C=O) groups excluding carboxylic acids is 2. The molecule has 9 nitrogen and oxygen atoms in total. The van der Waals surface area contributed by atoms with Gasteiger partial charge in [-0.05, 0) is 68.7 Å². The Bertz CT molecular complexity index is 1840. The van der Waals surface area contributed by atoms with Crippen LogP contribution in [0.15, 0.2) is 95.4 Å². The van der Waals surface area contributed by atoms with Gasteiger partial charge < -0.3 is 24.6 Å². The van der Waals surface area contributed by atoms with Gasteiger partial charge in [0.05, 0.1) is 43.1 Å². The molecule has 3 heterocycles. The maximum absolute atomic E-state index is 14.7. The van der Waals surface area contributed by atoms with E-state index in [0.717, 1.165) is 16.3 Å². The molecular formula is C37H40FN5O4S. The average molecular weight is 670 g/mol. The summed E-state index contributed by atoms with van der Waals surface area (Å²) in [5.74, 6) is -0.713. The molecule has 250 valence electrons. The van der Waals surface area contributed by atoms with E-state index in [0.29, 0.717) is 40.9 Å². The normalized spacial score (nSPS) is 12.7. The number of nitrogens with zero attached hydrogens (tertiary/aromatic N) is 4. The molecule has 0 spiro atoms. The van der Waals surface area contributed by atoms with E-state index >= 15 is 0 Å². The Balaban J connectivity index is 1.41. The van der Waals surface area contributed by atoms with Crippen LogP contribution in [0.5, 0.6) is 0 Å². The second-order valence-electron chi connectivity index (χ2n) is 12.5. The molecule has 5 aromatic rings. The van der Waals surface area contributed by atoms with Crippen molar-refractivity contribution in [3.05, 3.63) is 124 Å². The molecule has 0 bridgehead atoms. The molecule has 2 N–H and O–H groups in total. The zero-order valence-corrected chi connectivity index (χ0v) is 28.5. The number of aromatic nitrogens is 2. The molecule has 3 aromatic heterocycles. The highest BCUT2D eigenvalue weighted by Gasteiger charge is 2.26. The first kappa shape index (κ1) is 34.5. The molecule has 2 amide bonds. The minimum atomic E-state index is -1.58. The smallest absolute Gasteiger partial charge is 0.254 e. The van der Waals surface area contributed by atoms with Crippen molar-refractivity contribution < 1.29 is 23.5 Å². The molecule has 2 atom stereocenters. The molecule has 48 heavy (non-hydrogen) atoms. The van der Waals surface area contributed by atoms with Gasteiger partial charge in [0.25, 0.3) is 11.8 Å². The second kappa shape index (κ2) is 14.9. The average Bonchev–Trinajstić information content (AvgIpc) is 3.76. The van der Waals surface area contributed by atoms with Crippen LogP contribution in [-0.2, 0) is 18.6 Å². The lowest BCUT2D eigenvalue weighted by Gasteiger charge is -2.29. The second-order valence-corrected chi connectivity index (χ2v) is 13.4. The van der Waals surface area contributed by atoms with E-state index in [-0.39, 0.29) is 18.0 Å². The number of benzene rings is 2. The van der Waals surface area contributed by atoms with Gasteiger partial charge in [0.15, 0.2) is 0 Å². The van der Waals surface area contributed by atoms with Crippen LogP contribution in [0.1, 0.15) is 56.4 Å². The van der Waals surface area contributed by atoms with Gasteiger partial charge in [-0.1, -0.05) is 30.3 Å². The van der Waals surface area contributed by atoms with E-state index in [9.17, 15) is 19.1 Å². The van der Waals surface area contributed by atoms with E-state index < -0.39 is 23.7 Å². The fourth-order valence-corrected chi connectivity index (χ4v) is 6.15. The van der Waals surface area contributed by atoms with E-state index in [2.05, 4.69) is 15.3 Å². The Kier molecular flexibility index (Phi) is 10.7. The van der Waals surface area contributed by atoms with Crippen molar-refractivity contribution in [3.63, 3.8) is 0 Å². The van der Waals surface area contributed by atoms with E-state index in [1.54, 1.807) is 66.7 Å². The Morgan fingerprint density at radius 3 is 2.46 bits per heavy atom. The summed E-state index contributed by atoms with van der Waals surface area (Å²) in [5.41, 5.74) is 3.24. The number of aliphatic hydroxyl groups is 1. The number of furan rings is 1. The Labute approximate surface area is 284 Å². The summed E-state index contributed by atoms with van der Waals surface area (Å²) in [5, 5.41) is 17.3. The summed E-state index contributed by atoms with van der Waals surface area (Å²) in [4.78, 5) is 39.6. The topological polar surface area (TPSA) is 112 Å². The molecule has 0 aliphatic heterocycles. The number of rotatable bonds is 13. The predicted octanol–water partition coefficient (Wildman–Crippen LogP) is 6.42. The predicted molar refractivity (Wildman–Crippen MR) is 186 cm³/mol. The van der Waals surface area contributed by atoms with Gasteiger partial charge in [-0.25, -0.2) is 9.37 Å². The molecule has 0 unspecified atom stereocenters. The SMILES string of the molecule is Cc1csc(CN(C)C(=O)c2cc(C(=O)N[C@@H](Cc3ccccc3)[C@H](O)CN(C)c3cncc(C(C)(C)F)c3)cc(-c3ccoc3)c2)n1. The molecule has 0 fully saturated rings. The highest BCUT2D eigenvalue weighted by molar-refractivity contribution is 7.09. The summed E-state index contributed by atoms with van der Waals surface area (Å²) >= 11 is 1.49. The van der Waals surface area contributed by atoms with Gasteiger partial charge in [0.2, 0.25) is 0 Å². The minimum Gasteiger partial charge on any atom is -0.472 e. The molecule has 0 saturated carbocycles. The lowest BCUT2D eigenvalue weighted by Crippen LogP contribution is -2.49.